The molecule has 0 fully saturated rings. The summed E-state index contributed by atoms with van der Waals surface area (Å²) in [6.07, 6.45) is 3.92. The number of ether oxygens (including phenoxy) is 1. The summed E-state index contributed by atoms with van der Waals surface area (Å²) in [5.41, 5.74) is 2.75. The van der Waals surface area contributed by atoms with Gasteiger partial charge in [0.2, 0.25) is 5.82 Å². The molecule has 29 heavy (non-hydrogen) atoms. The number of hydrogen-bond donors (Lipinski definition) is 1. The monoisotopic (exact) mass is 418 g/mol. The van der Waals surface area contributed by atoms with Crippen LogP contribution in [0.3, 0.4) is 0 Å². The minimum absolute atomic E-state index is 0.0537. The number of benzene rings is 2. The van der Waals surface area contributed by atoms with Gasteiger partial charge >= 0.3 is 0 Å². The Kier molecular flexibility index (Phi) is 7.01. The summed E-state index contributed by atoms with van der Waals surface area (Å²) in [6.45, 7) is 6.51. The lowest BCUT2D eigenvalue weighted by Crippen LogP contribution is -2.33. The highest BCUT2D eigenvalue weighted by Gasteiger charge is 2.40. The number of thioether (sulfide) groups is 1. The zero-order valence-corrected chi connectivity index (χ0v) is 18.0. The lowest BCUT2D eigenvalue weighted by atomic mass is 9.86. The number of hydrogen-bond acceptors (Lipinski definition) is 3. The third-order valence-corrected chi connectivity index (χ3v) is 6.74. The van der Waals surface area contributed by atoms with Crippen molar-refractivity contribution in [3.63, 3.8) is 0 Å². The van der Waals surface area contributed by atoms with Crippen LogP contribution in [0, 0.1) is 11.6 Å². The molecule has 0 aliphatic carbocycles. The molecule has 0 spiro atoms. The van der Waals surface area contributed by atoms with Crippen LogP contribution < -0.4 is 4.74 Å². The second-order valence-corrected chi connectivity index (χ2v) is 9.51. The summed E-state index contributed by atoms with van der Waals surface area (Å²) in [7, 11) is 0. The van der Waals surface area contributed by atoms with Crippen molar-refractivity contribution >= 4 is 11.8 Å². The zero-order valence-electron chi connectivity index (χ0n) is 17.2. The van der Waals surface area contributed by atoms with Crippen molar-refractivity contribution in [3.05, 3.63) is 75.7 Å². The fourth-order valence-electron chi connectivity index (χ4n) is 3.77. The highest BCUT2D eigenvalue weighted by Crippen LogP contribution is 2.50. The van der Waals surface area contributed by atoms with Crippen molar-refractivity contribution in [2.24, 2.45) is 0 Å². The van der Waals surface area contributed by atoms with Crippen molar-refractivity contribution in [1.29, 1.82) is 0 Å². The van der Waals surface area contributed by atoms with Crippen LogP contribution in [0.25, 0.3) is 0 Å². The zero-order chi connectivity index (χ0) is 21.0. The number of aliphatic hydroxyl groups is 1. The van der Waals surface area contributed by atoms with Gasteiger partial charge in [-0.25, -0.2) is 4.39 Å². The number of rotatable bonds is 8. The number of halogens is 2. The van der Waals surface area contributed by atoms with Gasteiger partial charge in [0.05, 0.1) is 4.75 Å². The molecule has 3 rings (SSSR count). The van der Waals surface area contributed by atoms with E-state index < -0.39 is 11.6 Å². The first-order valence-electron chi connectivity index (χ1n) is 10.0. The number of allylic oxidation sites excluding steroid dienone is 2. The van der Waals surface area contributed by atoms with Crippen LogP contribution in [0.5, 0.6) is 5.75 Å². The first-order chi connectivity index (χ1) is 13.9. The molecule has 2 nitrogen and oxygen atoms in total. The van der Waals surface area contributed by atoms with E-state index in [1.54, 1.807) is 11.8 Å². The van der Waals surface area contributed by atoms with Crippen molar-refractivity contribution in [3.8, 4) is 5.75 Å². The smallest absolute Gasteiger partial charge is 0.200 e. The van der Waals surface area contributed by atoms with Crippen LogP contribution >= 0.6 is 11.8 Å². The average molecular weight is 419 g/mol. The van der Waals surface area contributed by atoms with Crippen LogP contribution in [0.2, 0.25) is 0 Å². The SMILES string of the molecule is CCc1ccc(C2C=C(C)SC2(C)COc2ccc(CCCO)c(F)c2F)cc1. The van der Waals surface area contributed by atoms with Gasteiger partial charge in [0.25, 0.3) is 0 Å². The minimum atomic E-state index is -0.958. The molecule has 0 saturated heterocycles. The molecule has 0 aromatic heterocycles. The molecule has 1 heterocycles. The molecule has 1 aliphatic heterocycles. The Morgan fingerprint density at radius 3 is 2.48 bits per heavy atom. The highest BCUT2D eigenvalue weighted by molar-refractivity contribution is 8.04. The molecule has 0 saturated carbocycles. The highest BCUT2D eigenvalue weighted by atomic mass is 32.2. The molecule has 1 aliphatic rings. The third-order valence-electron chi connectivity index (χ3n) is 5.45. The molecule has 2 aromatic carbocycles. The predicted octanol–water partition coefficient (Wildman–Crippen LogP) is 6.02. The van der Waals surface area contributed by atoms with E-state index in [1.165, 1.54) is 28.2 Å². The maximum atomic E-state index is 14.5. The lowest BCUT2D eigenvalue weighted by molar-refractivity contribution is 0.255. The molecular weight excluding hydrogens is 390 g/mol. The fraction of sp³-hybridized carbons (Fsp3) is 0.417. The van der Waals surface area contributed by atoms with Crippen LogP contribution in [0.15, 0.2) is 47.4 Å². The summed E-state index contributed by atoms with van der Waals surface area (Å²) in [5, 5.41) is 8.90. The molecule has 0 bridgehead atoms. The molecule has 156 valence electrons. The topological polar surface area (TPSA) is 29.5 Å². The van der Waals surface area contributed by atoms with Gasteiger partial charge in [-0.3, -0.25) is 0 Å². The normalized spacial score (nSPS) is 21.3. The molecule has 2 atom stereocenters. The van der Waals surface area contributed by atoms with Gasteiger partial charge in [0.15, 0.2) is 11.6 Å². The van der Waals surface area contributed by atoms with Gasteiger partial charge < -0.3 is 9.84 Å². The van der Waals surface area contributed by atoms with Gasteiger partial charge in [-0.15, -0.1) is 11.8 Å². The predicted molar refractivity (Wildman–Crippen MR) is 116 cm³/mol. The van der Waals surface area contributed by atoms with Gasteiger partial charge in [0.1, 0.15) is 6.61 Å². The standard InChI is InChI=1S/C24H28F2O2S/c1-4-17-7-9-18(10-8-17)20-14-16(2)29-24(20,3)15-28-21-12-11-19(6-5-13-27)22(25)23(21)26/h7-12,14,20,27H,4-6,13,15H2,1-3H3. The summed E-state index contributed by atoms with van der Waals surface area (Å²) >= 11 is 1.72. The van der Waals surface area contributed by atoms with Crippen molar-refractivity contribution in [2.45, 2.75) is 50.7 Å². The Morgan fingerprint density at radius 2 is 1.83 bits per heavy atom. The molecule has 5 heteroatoms. The van der Waals surface area contributed by atoms with E-state index in [4.69, 9.17) is 9.84 Å². The second-order valence-electron chi connectivity index (χ2n) is 7.73. The average Bonchev–Trinajstić information content (AvgIpc) is 3.03. The molecule has 2 aromatic rings. The minimum Gasteiger partial charge on any atom is -0.489 e. The quantitative estimate of drug-likeness (QED) is 0.568. The van der Waals surface area contributed by atoms with Crippen LogP contribution in [0.4, 0.5) is 8.78 Å². The first kappa shape index (κ1) is 21.8. The molecular formula is C24H28F2O2S. The van der Waals surface area contributed by atoms with E-state index in [9.17, 15) is 8.78 Å². The van der Waals surface area contributed by atoms with E-state index in [0.29, 0.717) is 12.8 Å². The summed E-state index contributed by atoms with van der Waals surface area (Å²) in [6, 6.07) is 11.6. The molecule has 0 radical (unpaired) electrons. The molecule has 0 amide bonds. The van der Waals surface area contributed by atoms with Gasteiger partial charge in [-0.1, -0.05) is 43.3 Å². The third kappa shape index (κ3) is 4.84. The maximum Gasteiger partial charge on any atom is 0.200 e. The van der Waals surface area contributed by atoms with E-state index in [2.05, 4.69) is 51.1 Å². The van der Waals surface area contributed by atoms with Crippen molar-refractivity contribution in [1.82, 2.24) is 0 Å². The van der Waals surface area contributed by atoms with Crippen LogP contribution in [0.1, 0.15) is 49.8 Å². The summed E-state index contributed by atoms with van der Waals surface area (Å²) < 4.78 is 34.3. The Morgan fingerprint density at radius 1 is 1.10 bits per heavy atom. The number of aliphatic hydroxyl groups excluding tert-OH is 1. The first-order valence-corrected chi connectivity index (χ1v) is 10.9. The summed E-state index contributed by atoms with van der Waals surface area (Å²) in [4.78, 5) is 1.20. The van der Waals surface area contributed by atoms with Gasteiger partial charge in [-0.2, -0.15) is 4.39 Å². The maximum absolute atomic E-state index is 14.5. The largest absolute Gasteiger partial charge is 0.489 e. The molecule has 1 N–H and O–H groups in total. The fourth-order valence-corrected chi connectivity index (χ4v) is 5.16. The summed E-state index contributed by atoms with van der Waals surface area (Å²) in [5.74, 6) is -1.78. The Balaban J connectivity index is 1.77. The van der Waals surface area contributed by atoms with E-state index in [0.717, 1.165) is 6.42 Å². The van der Waals surface area contributed by atoms with E-state index in [1.807, 2.05) is 0 Å². The Labute approximate surface area is 176 Å². The molecule has 2 unspecified atom stereocenters. The van der Waals surface area contributed by atoms with Gasteiger partial charge in [0, 0.05) is 12.5 Å². The van der Waals surface area contributed by atoms with Crippen molar-refractivity contribution in [2.75, 3.05) is 13.2 Å². The van der Waals surface area contributed by atoms with Crippen LogP contribution in [-0.4, -0.2) is 23.1 Å². The lowest BCUT2D eigenvalue weighted by Gasteiger charge is -2.31. The Hall–Kier alpha value is -1.85. The second kappa shape index (κ2) is 9.31. The van der Waals surface area contributed by atoms with E-state index >= 15 is 0 Å². The van der Waals surface area contributed by atoms with Crippen LogP contribution in [-0.2, 0) is 12.8 Å². The van der Waals surface area contributed by atoms with E-state index in [-0.39, 0.29) is 35.2 Å². The number of aryl methyl sites for hydroxylation is 2. The Bertz CT molecular complexity index is 879. The van der Waals surface area contributed by atoms with Gasteiger partial charge in [-0.05, 0) is 60.8 Å². The van der Waals surface area contributed by atoms with Crippen molar-refractivity contribution < 1.29 is 18.6 Å².